The Morgan fingerprint density at radius 2 is 1.82 bits per heavy atom. The summed E-state index contributed by atoms with van der Waals surface area (Å²) in [6.07, 6.45) is 1.41. The van der Waals surface area contributed by atoms with E-state index in [1.807, 2.05) is 6.92 Å². The van der Waals surface area contributed by atoms with E-state index in [4.69, 9.17) is 16.3 Å². The number of benzene rings is 2. The van der Waals surface area contributed by atoms with Gasteiger partial charge < -0.3 is 20.3 Å². The van der Waals surface area contributed by atoms with E-state index in [1.54, 1.807) is 24.3 Å². The molecule has 0 heterocycles. The highest BCUT2D eigenvalue weighted by molar-refractivity contribution is 6.32. The Kier molecular flexibility index (Phi) is 9.62. The SMILES string of the molecule is CCCCN(CC(=O)NCC(=O)Nc1ccc(OC)cc1)C(=O)c1ccc(Cl)c([N+](=O)[O-])c1. The fraction of sp³-hybridized carbons (Fsp3) is 0.318. The normalized spacial score (nSPS) is 10.3. The maximum absolute atomic E-state index is 12.9. The average molecular weight is 477 g/mol. The Labute approximate surface area is 196 Å². The van der Waals surface area contributed by atoms with E-state index in [0.717, 1.165) is 12.5 Å². The van der Waals surface area contributed by atoms with Gasteiger partial charge >= 0.3 is 0 Å². The quantitative estimate of drug-likeness (QED) is 0.378. The minimum absolute atomic E-state index is 0.0484. The fourth-order valence-corrected chi connectivity index (χ4v) is 3.04. The summed E-state index contributed by atoms with van der Waals surface area (Å²) in [6.45, 7) is 1.62. The van der Waals surface area contributed by atoms with Crippen LogP contribution in [0.15, 0.2) is 42.5 Å². The van der Waals surface area contributed by atoms with Gasteiger partial charge in [0.25, 0.3) is 11.6 Å². The summed E-state index contributed by atoms with van der Waals surface area (Å²) in [7, 11) is 1.53. The number of hydrogen-bond donors (Lipinski definition) is 2. The first kappa shape index (κ1) is 25.6. The summed E-state index contributed by atoms with van der Waals surface area (Å²) >= 11 is 5.81. The molecule has 33 heavy (non-hydrogen) atoms. The van der Waals surface area contributed by atoms with E-state index in [1.165, 1.54) is 24.1 Å². The van der Waals surface area contributed by atoms with Gasteiger partial charge in [-0.25, -0.2) is 0 Å². The molecule has 10 nitrogen and oxygen atoms in total. The monoisotopic (exact) mass is 476 g/mol. The Bertz CT molecular complexity index is 1010. The van der Waals surface area contributed by atoms with Crippen molar-refractivity contribution >= 4 is 40.7 Å². The van der Waals surface area contributed by atoms with Gasteiger partial charge in [-0.3, -0.25) is 24.5 Å². The zero-order chi connectivity index (χ0) is 24.4. The molecule has 11 heteroatoms. The predicted octanol–water partition coefficient (Wildman–Crippen LogP) is 3.25. The predicted molar refractivity (Wildman–Crippen MR) is 124 cm³/mol. The lowest BCUT2D eigenvalue weighted by Crippen LogP contribution is -2.43. The number of nitro groups is 1. The molecule has 0 aliphatic heterocycles. The van der Waals surface area contributed by atoms with E-state index in [0.29, 0.717) is 17.9 Å². The molecule has 176 valence electrons. The second-order valence-corrected chi connectivity index (χ2v) is 7.46. The first-order valence-corrected chi connectivity index (χ1v) is 10.6. The van der Waals surface area contributed by atoms with Gasteiger partial charge in [0.05, 0.1) is 25.1 Å². The molecule has 0 saturated heterocycles. The molecular formula is C22H25ClN4O6. The summed E-state index contributed by atoms with van der Waals surface area (Å²) in [5.41, 5.74) is 0.198. The van der Waals surface area contributed by atoms with Gasteiger partial charge in [0.1, 0.15) is 10.8 Å². The van der Waals surface area contributed by atoms with Crippen molar-refractivity contribution in [2.24, 2.45) is 0 Å². The number of nitro benzene ring substituents is 1. The number of amides is 3. The molecule has 0 aromatic heterocycles. The average Bonchev–Trinajstić information content (AvgIpc) is 2.80. The summed E-state index contributed by atoms with van der Waals surface area (Å²) in [5.74, 6) is -0.869. The van der Waals surface area contributed by atoms with Crippen LogP contribution in [0.5, 0.6) is 5.75 Å². The number of nitrogens with zero attached hydrogens (tertiary/aromatic N) is 2. The molecule has 0 radical (unpaired) electrons. The van der Waals surface area contributed by atoms with Gasteiger partial charge in [-0.05, 0) is 42.8 Å². The van der Waals surface area contributed by atoms with E-state index in [-0.39, 0.29) is 30.2 Å². The van der Waals surface area contributed by atoms with Crippen molar-refractivity contribution in [2.45, 2.75) is 19.8 Å². The van der Waals surface area contributed by atoms with Crippen molar-refractivity contribution in [1.29, 1.82) is 0 Å². The van der Waals surface area contributed by atoms with Crippen LogP contribution in [0.4, 0.5) is 11.4 Å². The minimum Gasteiger partial charge on any atom is -0.497 e. The van der Waals surface area contributed by atoms with Gasteiger partial charge in [-0.1, -0.05) is 24.9 Å². The van der Waals surface area contributed by atoms with E-state index < -0.39 is 28.3 Å². The van der Waals surface area contributed by atoms with Crippen molar-refractivity contribution in [1.82, 2.24) is 10.2 Å². The number of halogens is 1. The topological polar surface area (TPSA) is 131 Å². The smallest absolute Gasteiger partial charge is 0.288 e. The number of hydrogen-bond acceptors (Lipinski definition) is 6. The van der Waals surface area contributed by atoms with Crippen molar-refractivity contribution in [2.75, 3.05) is 32.1 Å². The molecule has 0 fully saturated rings. The van der Waals surface area contributed by atoms with Crippen LogP contribution >= 0.6 is 11.6 Å². The summed E-state index contributed by atoms with van der Waals surface area (Å²) in [6, 6.07) is 10.4. The number of methoxy groups -OCH3 is 1. The second kappa shape index (κ2) is 12.4. The molecular weight excluding hydrogens is 452 g/mol. The number of carbonyl (C=O) groups is 3. The number of nitrogens with one attached hydrogen (secondary N) is 2. The lowest BCUT2D eigenvalue weighted by atomic mass is 10.1. The number of carbonyl (C=O) groups excluding carboxylic acids is 3. The maximum Gasteiger partial charge on any atom is 0.288 e. The molecule has 0 saturated carbocycles. The number of rotatable bonds is 11. The van der Waals surface area contributed by atoms with Crippen LogP contribution in [0.2, 0.25) is 5.02 Å². The van der Waals surface area contributed by atoms with Crippen molar-refractivity contribution in [3.05, 3.63) is 63.2 Å². The Balaban J connectivity index is 1.98. The molecule has 2 aromatic rings. The molecule has 3 amide bonds. The van der Waals surface area contributed by atoms with E-state index >= 15 is 0 Å². The van der Waals surface area contributed by atoms with Crippen LogP contribution < -0.4 is 15.4 Å². The molecule has 2 aromatic carbocycles. The van der Waals surface area contributed by atoms with Crippen molar-refractivity contribution in [3.63, 3.8) is 0 Å². The third-order valence-electron chi connectivity index (χ3n) is 4.61. The van der Waals surface area contributed by atoms with Crippen molar-refractivity contribution in [3.8, 4) is 5.75 Å². The fourth-order valence-electron chi connectivity index (χ4n) is 2.86. The molecule has 2 N–H and O–H groups in total. The van der Waals surface area contributed by atoms with Crippen LogP contribution in [0.1, 0.15) is 30.1 Å². The minimum atomic E-state index is -0.677. The highest BCUT2D eigenvalue weighted by Gasteiger charge is 2.22. The van der Waals surface area contributed by atoms with Crippen molar-refractivity contribution < 1.29 is 24.0 Å². The molecule has 0 atom stereocenters. The van der Waals surface area contributed by atoms with E-state index in [9.17, 15) is 24.5 Å². The number of anilines is 1. The first-order chi connectivity index (χ1) is 15.7. The molecule has 0 bridgehead atoms. The van der Waals surface area contributed by atoms with Gasteiger partial charge in [0.2, 0.25) is 11.8 Å². The molecule has 0 aliphatic carbocycles. The van der Waals surface area contributed by atoms with Gasteiger partial charge in [-0.2, -0.15) is 0 Å². The van der Waals surface area contributed by atoms with Crippen LogP contribution in [-0.2, 0) is 9.59 Å². The number of ether oxygens (including phenoxy) is 1. The zero-order valence-electron chi connectivity index (χ0n) is 18.3. The first-order valence-electron chi connectivity index (χ1n) is 10.2. The third kappa shape index (κ3) is 7.76. The van der Waals surface area contributed by atoms with Crippen LogP contribution in [0.3, 0.4) is 0 Å². The molecule has 0 spiro atoms. The summed E-state index contributed by atoms with van der Waals surface area (Å²) in [4.78, 5) is 49.1. The Hall–Kier alpha value is -3.66. The highest BCUT2D eigenvalue weighted by Crippen LogP contribution is 2.25. The lowest BCUT2D eigenvalue weighted by Gasteiger charge is -2.22. The molecule has 0 aliphatic rings. The van der Waals surface area contributed by atoms with Gasteiger partial charge in [-0.15, -0.1) is 0 Å². The largest absolute Gasteiger partial charge is 0.497 e. The van der Waals surface area contributed by atoms with Crippen LogP contribution in [0.25, 0.3) is 0 Å². The Morgan fingerprint density at radius 1 is 1.12 bits per heavy atom. The van der Waals surface area contributed by atoms with Gasteiger partial charge in [0.15, 0.2) is 0 Å². The number of unbranched alkanes of at least 4 members (excludes halogenated alkanes) is 1. The summed E-state index contributed by atoms with van der Waals surface area (Å²) < 4.78 is 5.05. The zero-order valence-corrected chi connectivity index (χ0v) is 19.1. The standard InChI is InChI=1S/C22H25ClN4O6/c1-3-4-11-26(22(30)15-5-10-18(23)19(12-15)27(31)32)14-21(29)24-13-20(28)25-16-6-8-17(33-2)9-7-16/h5-10,12H,3-4,11,13-14H2,1-2H3,(H,24,29)(H,25,28). The maximum atomic E-state index is 12.9. The third-order valence-corrected chi connectivity index (χ3v) is 4.93. The van der Waals surface area contributed by atoms with Crippen LogP contribution in [-0.4, -0.2) is 54.3 Å². The van der Waals surface area contributed by atoms with Gasteiger partial charge in [0, 0.05) is 23.9 Å². The van der Waals surface area contributed by atoms with E-state index in [2.05, 4.69) is 10.6 Å². The second-order valence-electron chi connectivity index (χ2n) is 7.06. The molecule has 0 unspecified atom stereocenters. The Morgan fingerprint density at radius 3 is 2.42 bits per heavy atom. The lowest BCUT2D eigenvalue weighted by molar-refractivity contribution is -0.384. The summed E-state index contributed by atoms with van der Waals surface area (Å²) in [5, 5.41) is 16.1. The highest BCUT2D eigenvalue weighted by atomic mass is 35.5. The van der Waals surface area contributed by atoms with Crippen LogP contribution in [0, 0.1) is 10.1 Å². The molecule has 2 rings (SSSR count).